The van der Waals surface area contributed by atoms with Crippen molar-refractivity contribution in [2.45, 2.75) is 46.5 Å². The summed E-state index contributed by atoms with van der Waals surface area (Å²) in [5.41, 5.74) is 1.16. The molecule has 16 heavy (non-hydrogen) atoms. The minimum atomic E-state index is 0.440. The quantitative estimate of drug-likeness (QED) is 0.739. The third-order valence-corrected chi connectivity index (χ3v) is 3.34. The molecule has 0 saturated heterocycles. The fourth-order valence-electron chi connectivity index (χ4n) is 2.10. The smallest absolute Gasteiger partial charge is 0.187 e. The summed E-state index contributed by atoms with van der Waals surface area (Å²) in [6.07, 6.45) is 9.07. The van der Waals surface area contributed by atoms with Crippen molar-refractivity contribution in [1.29, 1.82) is 0 Å². The van der Waals surface area contributed by atoms with E-state index in [4.69, 9.17) is 0 Å². The van der Waals surface area contributed by atoms with Crippen LogP contribution in [0, 0.1) is 5.92 Å². The van der Waals surface area contributed by atoms with Crippen molar-refractivity contribution in [2.24, 2.45) is 5.92 Å². The second kappa shape index (κ2) is 6.62. The SMILES string of the molecule is CCCCC(CC)CN1CC=C(C)C=C1O. The number of aliphatic hydroxyl groups excluding tert-OH is 1. The van der Waals surface area contributed by atoms with Crippen LogP contribution in [-0.4, -0.2) is 23.1 Å². The van der Waals surface area contributed by atoms with E-state index in [1.165, 1.54) is 25.7 Å². The molecule has 0 bridgehead atoms. The Bertz CT molecular complexity index is 268. The minimum Gasteiger partial charge on any atom is -0.495 e. The first kappa shape index (κ1) is 13.1. The Morgan fingerprint density at radius 3 is 2.75 bits per heavy atom. The molecule has 1 atom stereocenters. The summed E-state index contributed by atoms with van der Waals surface area (Å²) in [5, 5.41) is 9.86. The molecule has 1 unspecified atom stereocenters. The van der Waals surface area contributed by atoms with Gasteiger partial charge < -0.3 is 10.0 Å². The molecule has 0 aromatic carbocycles. The van der Waals surface area contributed by atoms with Crippen LogP contribution in [0.4, 0.5) is 0 Å². The Morgan fingerprint density at radius 1 is 1.44 bits per heavy atom. The highest BCUT2D eigenvalue weighted by atomic mass is 16.3. The summed E-state index contributed by atoms with van der Waals surface area (Å²) in [4.78, 5) is 2.08. The fraction of sp³-hybridized carbons (Fsp3) is 0.714. The Labute approximate surface area is 99.7 Å². The Kier molecular flexibility index (Phi) is 5.44. The third-order valence-electron chi connectivity index (χ3n) is 3.34. The summed E-state index contributed by atoms with van der Waals surface area (Å²) in [5.74, 6) is 1.15. The molecule has 0 aliphatic carbocycles. The van der Waals surface area contributed by atoms with Crippen molar-refractivity contribution in [3.8, 4) is 0 Å². The molecule has 0 spiro atoms. The van der Waals surface area contributed by atoms with Crippen LogP contribution in [0.1, 0.15) is 46.5 Å². The minimum absolute atomic E-state index is 0.440. The number of nitrogens with zero attached hydrogens (tertiary/aromatic N) is 1. The summed E-state index contributed by atoms with van der Waals surface area (Å²) < 4.78 is 0. The van der Waals surface area contributed by atoms with Gasteiger partial charge in [0, 0.05) is 19.2 Å². The number of allylic oxidation sites excluding steroid dienone is 2. The van der Waals surface area contributed by atoms with E-state index in [2.05, 4.69) is 24.8 Å². The highest BCUT2D eigenvalue weighted by Gasteiger charge is 2.15. The molecule has 2 nitrogen and oxygen atoms in total. The summed E-state index contributed by atoms with van der Waals surface area (Å²) in [7, 11) is 0. The molecule has 2 heteroatoms. The van der Waals surface area contributed by atoms with E-state index in [1.54, 1.807) is 0 Å². The van der Waals surface area contributed by atoms with Crippen molar-refractivity contribution in [2.75, 3.05) is 13.1 Å². The van der Waals surface area contributed by atoms with Gasteiger partial charge in [0.05, 0.1) is 0 Å². The van der Waals surface area contributed by atoms with Gasteiger partial charge in [-0.05, 0) is 24.8 Å². The standard InChI is InChI=1S/C14H25NO/c1-4-6-7-13(5-2)11-15-9-8-12(3)10-14(15)16/h8,10,13,16H,4-7,9,11H2,1-3H3. The Hall–Kier alpha value is -0.920. The van der Waals surface area contributed by atoms with Crippen LogP contribution < -0.4 is 0 Å². The van der Waals surface area contributed by atoms with Crippen LogP contribution in [0.15, 0.2) is 23.6 Å². The van der Waals surface area contributed by atoms with Gasteiger partial charge in [0.15, 0.2) is 5.88 Å². The van der Waals surface area contributed by atoms with Gasteiger partial charge in [-0.25, -0.2) is 0 Å². The largest absolute Gasteiger partial charge is 0.495 e. The lowest BCUT2D eigenvalue weighted by Crippen LogP contribution is -2.31. The van der Waals surface area contributed by atoms with Gasteiger partial charge in [-0.2, -0.15) is 0 Å². The lowest BCUT2D eigenvalue weighted by molar-refractivity contribution is 0.181. The molecule has 1 aliphatic heterocycles. The molecular weight excluding hydrogens is 198 g/mol. The van der Waals surface area contributed by atoms with Crippen LogP contribution >= 0.6 is 0 Å². The van der Waals surface area contributed by atoms with Gasteiger partial charge in [0.25, 0.3) is 0 Å². The summed E-state index contributed by atoms with van der Waals surface area (Å²) >= 11 is 0. The van der Waals surface area contributed by atoms with E-state index in [1.807, 2.05) is 13.0 Å². The number of hydrogen-bond acceptors (Lipinski definition) is 2. The highest BCUT2D eigenvalue weighted by molar-refractivity contribution is 5.22. The van der Waals surface area contributed by atoms with Crippen molar-refractivity contribution in [3.05, 3.63) is 23.6 Å². The molecule has 92 valence electrons. The zero-order chi connectivity index (χ0) is 12.0. The van der Waals surface area contributed by atoms with E-state index >= 15 is 0 Å². The summed E-state index contributed by atoms with van der Waals surface area (Å²) in [6.45, 7) is 8.35. The third kappa shape index (κ3) is 3.92. The van der Waals surface area contributed by atoms with E-state index < -0.39 is 0 Å². The molecule has 0 radical (unpaired) electrons. The highest BCUT2D eigenvalue weighted by Crippen LogP contribution is 2.19. The van der Waals surface area contributed by atoms with Crippen LogP contribution in [0.3, 0.4) is 0 Å². The number of hydrogen-bond donors (Lipinski definition) is 1. The van der Waals surface area contributed by atoms with Gasteiger partial charge in [0.1, 0.15) is 0 Å². The maximum atomic E-state index is 9.86. The van der Waals surface area contributed by atoms with Crippen LogP contribution in [0.25, 0.3) is 0 Å². The molecule has 0 aromatic rings. The van der Waals surface area contributed by atoms with E-state index in [0.29, 0.717) is 11.8 Å². The second-order valence-electron chi connectivity index (χ2n) is 4.77. The normalized spacial score (nSPS) is 18.1. The van der Waals surface area contributed by atoms with Gasteiger partial charge in [-0.1, -0.05) is 39.2 Å². The second-order valence-corrected chi connectivity index (χ2v) is 4.77. The van der Waals surface area contributed by atoms with Crippen molar-refractivity contribution < 1.29 is 5.11 Å². The van der Waals surface area contributed by atoms with E-state index in [0.717, 1.165) is 18.7 Å². The number of aliphatic hydroxyl groups is 1. The maximum Gasteiger partial charge on any atom is 0.187 e. The van der Waals surface area contributed by atoms with Crippen LogP contribution in [0.5, 0.6) is 0 Å². The van der Waals surface area contributed by atoms with Gasteiger partial charge in [-0.3, -0.25) is 0 Å². The van der Waals surface area contributed by atoms with Crippen LogP contribution in [-0.2, 0) is 0 Å². The number of unbranched alkanes of at least 4 members (excludes halogenated alkanes) is 1. The molecule has 1 aliphatic rings. The predicted octanol–water partition coefficient (Wildman–Crippen LogP) is 3.86. The van der Waals surface area contributed by atoms with E-state index in [9.17, 15) is 5.11 Å². The summed E-state index contributed by atoms with van der Waals surface area (Å²) in [6, 6.07) is 0. The molecule has 1 heterocycles. The zero-order valence-corrected chi connectivity index (χ0v) is 10.9. The monoisotopic (exact) mass is 223 g/mol. The Morgan fingerprint density at radius 2 is 2.19 bits per heavy atom. The maximum absolute atomic E-state index is 9.86. The molecule has 0 aromatic heterocycles. The molecule has 0 fully saturated rings. The van der Waals surface area contributed by atoms with Crippen molar-refractivity contribution in [1.82, 2.24) is 4.90 Å². The van der Waals surface area contributed by atoms with Gasteiger partial charge >= 0.3 is 0 Å². The predicted molar refractivity (Wildman–Crippen MR) is 69.3 cm³/mol. The Balaban J connectivity index is 2.44. The average Bonchev–Trinajstić information content (AvgIpc) is 2.27. The van der Waals surface area contributed by atoms with E-state index in [-0.39, 0.29) is 0 Å². The number of rotatable bonds is 6. The molecule has 1 rings (SSSR count). The fourth-order valence-corrected chi connectivity index (χ4v) is 2.10. The lowest BCUT2D eigenvalue weighted by Gasteiger charge is -2.29. The molecular formula is C14H25NO. The van der Waals surface area contributed by atoms with Crippen molar-refractivity contribution >= 4 is 0 Å². The van der Waals surface area contributed by atoms with Crippen LogP contribution in [0.2, 0.25) is 0 Å². The lowest BCUT2D eigenvalue weighted by atomic mass is 9.98. The van der Waals surface area contributed by atoms with Crippen molar-refractivity contribution in [3.63, 3.8) is 0 Å². The first-order valence-electron chi connectivity index (χ1n) is 6.49. The molecule has 0 amide bonds. The molecule has 1 N–H and O–H groups in total. The first-order chi connectivity index (χ1) is 7.67. The average molecular weight is 223 g/mol. The molecule has 0 saturated carbocycles. The first-order valence-corrected chi connectivity index (χ1v) is 6.49. The van der Waals surface area contributed by atoms with Gasteiger partial charge in [-0.15, -0.1) is 0 Å². The zero-order valence-electron chi connectivity index (χ0n) is 10.9. The van der Waals surface area contributed by atoms with Gasteiger partial charge in [0.2, 0.25) is 0 Å². The topological polar surface area (TPSA) is 23.5 Å².